The Balaban J connectivity index is 0.000000845. The molecule has 7 heteroatoms. The lowest BCUT2D eigenvalue weighted by Gasteiger charge is -1.92. The van der Waals surface area contributed by atoms with Gasteiger partial charge in [0.2, 0.25) is 0 Å². The first-order valence-corrected chi connectivity index (χ1v) is 3.51. The van der Waals surface area contributed by atoms with Crippen molar-refractivity contribution in [1.82, 2.24) is 14.6 Å². The molecule has 0 aliphatic heterocycles. The molecule has 0 saturated carbocycles. The van der Waals surface area contributed by atoms with Crippen molar-refractivity contribution in [3.63, 3.8) is 0 Å². The van der Waals surface area contributed by atoms with Crippen molar-refractivity contribution in [2.24, 2.45) is 0 Å². The highest BCUT2D eigenvalue weighted by atomic mass is 79.9. The fourth-order valence-corrected chi connectivity index (χ4v) is 1.09. The molecule has 0 bridgehead atoms. The van der Waals surface area contributed by atoms with Gasteiger partial charge in [0, 0.05) is 11.8 Å². The molecule has 0 radical (unpaired) electrons. The summed E-state index contributed by atoms with van der Waals surface area (Å²) in [4.78, 5) is 15.3. The maximum absolute atomic E-state index is 11.3. The van der Waals surface area contributed by atoms with Gasteiger partial charge < -0.3 is 5.73 Å². The zero-order valence-corrected chi connectivity index (χ0v) is 10.8. The zero-order valence-electron chi connectivity index (χ0n) is 7.35. The van der Waals surface area contributed by atoms with Gasteiger partial charge in [-0.25, -0.2) is 4.98 Å². The molecule has 2 aromatic heterocycles. The Morgan fingerprint density at radius 2 is 2.14 bits per heavy atom. The van der Waals surface area contributed by atoms with Gasteiger partial charge in [0.25, 0.3) is 5.56 Å². The standard InChI is InChI=1S/C7H8N4O.2BrH/c1-4-2-6-9-3-5(8)7(12)11(6)10-4;;/h2-3,10H,8H2,1H3;2*1H. The normalized spacial score (nSPS) is 9.21. The number of aromatic amines is 1. The van der Waals surface area contributed by atoms with E-state index in [0.29, 0.717) is 5.65 Å². The lowest BCUT2D eigenvalue weighted by atomic mass is 10.5. The average Bonchev–Trinajstić information content (AvgIpc) is 2.39. The van der Waals surface area contributed by atoms with Crippen LogP contribution in [0, 0.1) is 6.92 Å². The minimum absolute atomic E-state index is 0. The molecule has 78 valence electrons. The quantitative estimate of drug-likeness (QED) is 0.760. The van der Waals surface area contributed by atoms with E-state index in [9.17, 15) is 4.79 Å². The summed E-state index contributed by atoms with van der Waals surface area (Å²) < 4.78 is 1.32. The number of fused-ring (bicyclic) bond motifs is 1. The van der Waals surface area contributed by atoms with Crippen LogP contribution in [-0.2, 0) is 0 Å². The molecule has 0 spiro atoms. The summed E-state index contributed by atoms with van der Waals surface area (Å²) in [5.74, 6) is 0. The third kappa shape index (κ3) is 1.98. The molecule has 5 nitrogen and oxygen atoms in total. The third-order valence-electron chi connectivity index (χ3n) is 1.65. The van der Waals surface area contributed by atoms with Crippen LogP contribution < -0.4 is 11.3 Å². The van der Waals surface area contributed by atoms with E-state index in [-0.39, 0.29) is 45.2 Å². The number of hydrogen-bond donors (Lipinski definition) is 2. The van der Waals surface area contributed by atoms with E-state index >= 15 is 0 Å². The summed E-state index contributed by atoms with van der Waals surface area (Å²) >= 11 is 0. The number of aromatic nitrogens is 3. The summed E-state index contributed by atoms with van der Waals surface area (Å²) in [5.41, 5.74) is 6.74. The van der Waals surface area contributed by atoms with Gasteiger partial charge in [-0.05, 0) is 6.92 Å². The summed E-state index contributed by atoms with van der Waals surface area (Å²) in [7, 11) is 0. The topological polar surface area (TPSA) is 76.2 Å². The number of nitrogens with two attached hydrogens (primary N) is 1. The maximum Gasteiger partial charge on any atom is 0.295 e. The van der Waals surface area contributed by atoms with Crippen molar-refractivity contribution in [1.29, 1.82) is 0 Å². The summed E-state index contributed by atoms with van der Waals surface area (Å²) in [6.45, 7) is 1.85. The molecule has 0 fully saturated rings. The van der Waals surface area contributed by atoms with E-state index in [1.165, 1.54) is 10.7 Å². The van der Waals surface area contributed by atoms with Crippen LogP contribution >= 0.6 is 34.0 Å². The van der Waals surface area contributed by atoms with Crippen LogP contribution in [0.2, 0.25) is 0 Å². The van der Waals surface area contributed by atoms with Gasteiger partial charge in [-0.15, -0.1) is 34.0 Å². The summed E-state index contributed by atoms with van der Waals surface area (Å²) in [5, 5.41) is 2.83. The van der Waals surface area contributed by atoms with Crippen LogP contribution in [0.3, 0.4) is 0 Å². The van der Waals surface area contributed by atoms with E-state index in [1.807, 2.05) is 6.92 Å². The predicted molar refractivity (Wildman–Crippen MR) is 65.6 cm³/mol. The van der Waals surface area contributed by atoms with Gasteiger partial charge in [-0.1, -0.05) is 0 Å². The van der Waals surface area contributed by atoms with E-state index in [0.717, 1.165) is 5.69 Å². The van der Waals surface area contributed by atoms with Crippen molar-refractivity contribution < 1.29 is 0 Å². The SMILES string of the molecule is Br.Br.Cc1cc2ncc(N)c(=O)n2[nH]1. The van der Waals surface area contributed by atoms with Crippen molar-refractivity contribution in [2.45, 2.75) is 6.92 Å². The van der Waals surface area contributed by atoms with Crippen molar-refractivity contribution in [3.8, 4) is 0 Å². The fourth-order valence-electron chi connectivity index (χ4n) is 1.09. The molecule has 0 aromatic carbocycles. The fraction of sp³-hybridized carbons (Fsp3) is 0.143. The van der Waals surface area contributed by atoms with Crippen LogP contribution in [0.1, 0.15) is 5.69 Å². The van der Waals surface area contributed by atoms with E-state index < -0.39 is 0 Å². The predicted octanol–water partition coefficient (Wildman–Crippen LogP) is 1.07. The van der Waals surface area contributed by atoms with Crippen LogP contribution in [0.5, 0.6) is 0 Å². The van der Waals surface area contributed by atoms with Crippen molar-refractivity contribution >= 4 is 45.3 Å². The second kappa shape index (κ2) is 4.61. The highest BCUT2D eigenvalue weighted by Gasteiger charge is 2.02. The smallest absolute Gasteiger partial charge is 0.295 e. The number of aryl methyl sites for hydroxylation is 1. The monoisotopic (exact) mass is 324 g/mol. The van der Waals surface area contributed by atoms with E-state index in [4.69, 9.17) is 5.73 Å². The number of nitrogens with one attached hydrogen (secondary N) is 1. The lowest BCUT2D eigenvalue weighted by Crippen LogP contribution is -2.18. The Morgan fingerprint density at radius 1 is 1.50 bits per heavy atom. The Labute approximate surface area is 101 Å². The Morgan fingerprint density at radius 3 is 2.79 bits per heavy atom. The van der Waals surface area contributed by atoms with Gasteiger partial charge in [0.1, 0.15) is 5.69 Å². The number of H-pyrrole nitrogens is 1. The van der Waals surface area contributed by atoms with Crippen LogP contribution in [0.15, 0.2) is 17.1 Å². The van der Waals surface area contributed by atoms with E-state index in [1.54, 1.807) is 6.07 Å². The highest BCUT2D eigenvalue weighted by Crippen LogP contribution is 1.99. The Bertz CT molecular complexity index is 490. The number of halogens is 2. The minimum atomic E-state index is -0.256. The maximum atomic E-state index is 11.3. The van der Waals surface area contributed by atoms with Gasteiger partial charge >= 0.3 is 0 Å². The Kier molecular flexibility index (Phi) is 4.34. The number of hydrogen-bond acceptors (Lipinski definition) is 3. The zero-order chi connectivity index (χ0) is 8.72. The number of nitrogens with zero attached hydrogens (tertiary/aromatic N) is 2. The third-order valence-corrected chi connectivity index (χ3v) is 1.65. The average molecular weight is 326 g/mol. The molecule has 0 amide bonds. The van der Waals surface area contributed by atoms with Gasteiger partial charge in [-0.3, -0.25) is 9.89 Å². The largest absolute Gasteiger partial charge is 0.393 e. The highest BCUT2D eigenvalue weighted by molar-refractivity contribution is 8.93. The molecule has 0 aliphatic carbocycles. The molecule has 0 saturated heterocycles. The van der Waals surface area contributed by atoms with Gasteiger partial charge in [0.15, 0.2) is 5.65 Å². The molecule has 2 rings (SSSR count). The first kappa shape index (κ1) is 13.2. The molecule has 0 aliphatic rings. The second-order valence-corrected chi connectivity index (χ2v) is 2.65. The molecule has 3 N–H and O–H groups in total. The molecule has 0 unspecified atom stereocenters. The summed E-state index contributed by atoms with van der Waals surface area (Å²) in [6, 6.07) is 1.78. The van der Waals surface area contributed by atoms with Crippen molar-refractivity contribution in [3.05, 3.63) is 28.3 Å². The molecule has 2 heterocycles. The summed E-state index contributed by atoms with van der Waals surface area (Å²) in [6.07, 6.45) is 1.37. The van der Waals surface area contributed by atoms with Crippen LogP contribution in [0.4, 0.5) is 5.69 Å². The number of rotatable bonds is 0. The van der Waals surface area contributed by atoms with Gasteiger partial charge in [-0.2, -0.15) is 4.52 Å². The first-order chi connectivity index (χ1) is 5.68. The van der Waals surface area contributed by atoms with Crippen molar-refractivity contribution in [2.75, 3.05) is 5.73 Å². The Hall–Kier alpha value is -0.820. The van der Waals surface area contributed by atoms with Gasteiger partial charge in [0.05, 0.1) is 6.20 Å². The lowest BCUT2D eigenvalue weighted by molar-refractivity contribution is 0.884. The minimum Gasteiger partial charge on any atom is -0.393 e. The van der Waals surface area contributed by atoms with Crippen LogP contribution in [0.25, 0.3) is 5.65 Å². The molecule has 14 heavy (non-hydrogen) atoms. The molecule has 0 atom stereocenters. The number of anilines is 1. The molecule has 2 aromatic rings. The first-order valence-electron chi connectivity index (χ1n) is 3.51. The second-order valence-electron chi connectivity index (χ2n) is 2.65. The molecular weight excluding hydrogens is 316 g/mol. The van der Waals surface area contributed by atoms with Crippen LogP contribution in [-0.4, -0.2) is 14.6 Å². The number of nitrogen functional groups attached to an aromatic ring is 1. The molecular formula is C7H10Br2N4O. The van der Waals surface area contributed by atoms with E-state index in [2.05, 4.69) is 10.1 Å².